The number of halogens is 2. The Morgan fingerprint density at radius 2 is 1.79 bits per heavy atom. The lowest BCUT2D eigenvalue weighted by Crippen LogP contribution is -2.09. The Balaban J connectivity index is 1.62. The number of rotatable bonds is 5. The summed E-state index contributed by atoms with van der Waals surface area (Å²) < 4.78 is 0. The molecular weight excluding hydrogens is 393 g/mol. The van der Waals surface area contributed by atoms with Crippen LogP contribution in [0.15, 0.2) is 54.9 Å². The van der Waals surface area contributed by atoms with E-state index in [1.807, 2.05) is 37.3 Å². The second kappa shape index (κ2) is 8.09. The minimum Gasteiger partial charge on any atom is -0.368 e. The Bertz CT molecular complexity index is 1150. The van der Waals surface area contributed by atoms with Crippen molar-refractivity contribution in [3.05, 3.63) is 76.3 Å². The maximum atomic E-state index is 6.27. The molecule has 0 aliphatic heterocycles. The molecule has 1 aromatic carbocycles. The van der Waals surface area contributed by atoms with Crippen molar-refractivity contribution < 1.29 is 0 Å². The Labute approximate surface area is 172 Å². The van der Waals surface area contributed by atoms with Gasteiger partial charge in [-0.2, -0.15) is 0 Å². The van der Waals surface area contributed by atoms with Crippen LogP contribution in [-0.2, 0) is 6.42 Å². The zero-order chi connectivity index (χ0) is 19.5. The molecular formula is C21H17Cl2N5. The molecule has 5 nitrogen and oxygen atoms in total. The van der Waals surface area contributed by atoms with Crippen LogP contribution in [0.4, 0.5) is 5.82 Å². The monoisotopic (exact) mass is 409 g/mol. The fourth-order valence-electron chi connectivity index (χ4n) is 3.00. The highest BCUT2D eigenvalue weighted by Crippen LogP contribution is 2.28. The second-order valence-corrected chi connectivity index (χ2v) is 7.13. The molecule has 0 amide bonds. The first-order valence-electron chi connectivity index (χ1n) is 8.84. The first kappa shape index (κ1) is 18.6. The van der Waals surface area contributed by atoms with Gasteiger partial charge in [-0.25, -0.2) is 15.0 Å². The smallest absolute Gasteiger partial charge is 0.156 e. The van der Waals surface area contributed by atoms with Crippen LogP contribution in [0, 0.1) is 6.92 Å². The van der Waals surface area contributed by atoms with Crippen molar-refractivity contribution in [1.82, 2.24) is 19.9 Å². The number of benzene rings is 1. The summed E-state index contributed by atoms with van der Waals surface area (Å²) in [5, 5.41) is 4.70. The molecule has 0 fully saturated rings. The molecule has 3 heterocycles. The van der Waals surface area contributed by atoms with Crippen LogP contribution in [0.1, 0.15) is 11.4 Å². The molecule has 1 N–H and O–H groups in total. The minimum absolute atomic E-state index is 0.576. The fourth-order valence-corrected chi connectivity index (χ4v) is 3.46. The zero-order valence-corrected chi connectivity index (χ0v) is 16.7. The summed E-state index contributed by atoms with van der Waals surface area (Å²) in [5.74, 6) is 1.37. The number of pyridine rings is 2. The van der Waals surface area contributed by atoms with Crippen LogP contribution in [-0.4, -0.2) is 26.5 Å². The van der Waals surface area contributed by atoms with Crippen molar-refractivity contribution >= 4 is 40.1 Å². The Morgan fingerprint density at radius 3 is 2.61 bits per heavy atom. The van der Waals surface area contributed by atoms with E-state index in [-0.39, 0.29) is 0 Å². The van der Waals surface area contributed by atoms with Gasteiger partial charge in [-0.15, -0.1) is 0 Å². The third kappa shape index (κ3) is 3.91. The van der Waals surface area contributed by atoms with Gasteiger partial charge in [-0.1, -0.05) is 41.4 Å². The van der Waals surface area contributed by atoms with Crippen LogP contribution in [0.5, 0.6) is 0 Å². The summed E-state index contributed by atoms with van der Waals surface area (Å²) in [6.45, 7) is 2.55. The molecule has 4 aromatic rings. The van der Waals surface area contributed by atoms with Gasteiger partial charge in [0.1, 0.15) is 11.3 Å². The number of hydrogen-bond donors (Lipinski definition) is 1. The lowest BCUT2D eigenvalue weighted by Gasteiger charge is -2.11. The van der Waals surface area contributed by atoms with Gasteiger partial charge in [0, 0.05) is 29.5 Å². The van der Waals surface area contributed by atoms with Gasteiger partial charge in [0.05, 0.1) is 16.2 Å². The first-order valence-corrected chi connectivity index (χ1v) is 9.60. The predicted molar refractivity (Wildman–Crippen MR) is 114 cm³/mol. The van der Waals surface area contributed by atoms with E-state index >= 15 is 0 Å². The summed E-state index contributed by atoms with van der Waals surface area (Å²) in [5.41, 5.74) is 4.04. The van der Waals surface area contributed by atoms with E-state index in [9.17, 15) is 0 Å². The highest BCUT2D eigenvalue weighted by Gasteiger charge is 2.11. The lowest BCUT2D eigenvalue weighted by molar-refractivity contribution is 0.991. The van der Waals surface area contributed by atoms with E-state index in [1.54, 1.807) is 24.5 Å². The average Bonchev–Trinajstić information content (AvgIpc) is 2.69. The molecule has 28 heavy (non-hydrogen) atoms. The zero-order valence-electron chi connectivity index (χ0n) is 15.2. The second-order valence-electron chi connectivity index (χ2n) is 6.31. The van der Waals surface area contributed by atoms with Gasteiger partial charge in [0.25, 0.3) is 0 Å². The summed E-state index contributed by atoms with van der Waals surface area (Å²) in [6.07, 6.45) is 4.23. The maximum absolute atomic E-state index is 6.27. The van der Waals surface area contributed by atoms with Gasteiger partial charge in [-0.3, -0.25) is 4.98 Å². The molecule has 0 saturated heterocycles. The highest BCUT2D eigenvalue weighted by atomic mass is 35.5. The predicted octanol–water partition coefficient (Wildman–Crippen LogP) is 5.36. The third-order valence-corrected chi connectivity index (χ3v) is 5.00. The third-order valence-electron chi connectivity index (χ3n) is 4.32. The van der Waals surface area contributed by atoms with Crippen molar-refractivity contribution in [2.45, 2.75) is 13.3 Å². The van der Waals surface area contributed by atoms with Gasteiger partial charge in [0.15, 0.2) is 5.82 Å². The average molecular weight is 410 g/mol. The van der Waals surface area contributed by atoms with Crippen LogP contribution in [0.25, 0.3) is 22.3 Å². The molecule has 0 bridgehead atoms. The number of anilines is 1. The summed E-state index contributed by atoms with van der Waals surface area (Å²) in [7, 11) is 0. The molecule has 0 atom stereocenters. The number of nitrogens with zero attached hydrogens (tertiary/aromatic N) is 4. The standard InChI is InChI=1S/C21H17Cl2N5/c1-13-27-18-11-15(19-17(23)7-4-9-24-19)12-26-20(18)21(28-13)25-10-8-14-5-2-3-6-16(14)22/h2-7,9,11-12H,8,10H2,1H3,(H,25,27,28). The lowest BCUT2D eigenvalue weighted by atomic mass is 10.1. The van der Waals surface area contributed by atoms with Gasteiger partial charge < -0.3 is 5.32 Å². The molecule has 0 unspecified atom stereocenters. The van der Waals surface area contributed by atoms with Gasteiger partial charge in [0.2, 0.25) is 0 Å². The van der Waals surface area contributed by atoms with E-state index in [4.69, 9.17) is 23.2 Å². The van der Waals surface area contributed by atoms with Crippen LogP contribution < -0.4 is 5.32 Å². The minimum atomic E-state index is 0.576. The maximum Gasteiger partial charge on any atom is 0.156 e. The van der Waals surface area contributed by atoms with E-state index in [1.165, 1.54) is 0 Å². The van der Waals surface area contributed by atoms with Crippen molar-refractivity contribution in [3.63, 3.8) is 0 Å². The van der Waals surface area contributed by atoms with Crippen molar-refractivity contribution in [3.8, 4) is 11.3 Å². The SMILES string of the molecule is Cc1nc(NCCc2ccccc2Cl)c2ncc(-c3ncccc3Cl)cc2n1. The number of hydrogen-bond acceptors (Lipinski definition) is 5. The number of nitrogens with one attached hydrogen (secondary N) is 1. The molecule has 3 aromatic heterocycles. The van der Waals surface area contributed by atoms with Crippen molar-refractivity contribution in [2.24, 2.45) is 0 Å². The topological polar surface area (TPSA) is 63.6 Å². The Morgan fingerprint density at radius 1 is 0.964 bits per heavy atom. The van der Waals surface area contributed by atoms with E-state index < -0.39 is 0 Å². The largest absolute Gasteiger partial charge is 0.368 e. The van der Waals surface area contributed by atoms with Crippen molar-refractivity contribution in [2.75, 3.05) is 11.9 Å². The molecule has 0 spiro atoms. The Kier molecular flexibility index (Phi) is 5.37. The highest BCUT2D eigenvalue weighted by molar-refractivity contribution is 6.33. The molecule has 0 aliphatic carbocycles. The van der Waals surface area contributed by atoms with E-state index in [0.717, 1.165) is 28.1 Å². The normalized spacial score (nSPS) is 11.0. The summed E-state index contributed by atoms with van der Waals surface area (Å²) in [6, 6.07) is 13.4. The summed E-state index contributed by atoms with van der Waals surface area (Å²) >= 11 is 12.5. The molecule has 140 valence electrons. The fraction of sp³-hybridized carbons (Fsp3) is 0.143. The first-order chi connectivity index (χ1) is 13.6. The molecule has 0 aliphatic rings. The van der Waals surface area contributed by atoms with Crippen molar-refractivity contribution in [1.29, 1.82) is 0 Å². The Hall–Kier alpha value is -2.76. The molecule has 7 heteroatoms. The van der Waals surface area contributed by atoms with Crippen LogP contribution in [0.2, 0.25) is 10.0 Å². The van der Waals surface area contributed by atoms with E-state index in [0.29, 0.717) is 34.4 Å². The number of aromatic nitrogens is 4. The molecule has 0 saturated carbocycles. The summed E-state index contributed by atoms with van der Waals surface area (Å²) in [4.78, 5) is 18.0. The molecule has 0 radical (unpaired) electrons. The van der Waals surface area contributed by atoms with Crippen LogP contribution in [0.3, 0.4) is 0 Å². The van der Waals surface area contributed by atoms with Crippen LogP contribution >= 0.6 is 23.2 Å². The molecule has 4 rings (SSSR count). The van der Waals surface area contributed by atoms with Gasteiger partial charge >= 0.3 is 0 Å². The quantitative estimate of drug-likeness (QED) is 0.480. The number of fused-ring (bicyclic) bond motifs is 1. The number of aryl methyl sites for hydroxylation is 1. The van der Waals surface area contributed by atoms with E-state index in [2.05, 4.69) is 25.3 Å². The van der Waals surface area contributed by atoms with Gasteiger partial charge in [-0.05, 0) is 43.2 Å².